The van der Waals surface area contributed by atoms with Gasteiger partial charge in [0, 0.05) is 18.0 Å². The Morgan fingerprint density at radius 2 is 1.73 bits per heavy atom. The van der Waals surface area contributed by atoms with Crippen LogP contribution in [0.1, 0.15) is 16.1 Å². The van der Waals surface area contributed by atoms with Crippen LogP contribution in [0.3, 0.4) is 0 Å². The van der Waals surface area contributed by atoms with Gasteiger partial charge in [0.25, 0.3) is 0 Å². The fraction of sp³-hybridized carbons (Fsp3) is 0. The Balaban J connectivity index is 2.42. The molecule has 0 aliphatic rings. The smallest absolute Gasteiger partial charge is 0.214 e. The third-order valence-electron chi connectivity index (χ3n) is 1.90. The molecule has 4 heteroatoms. The maximum atomic E-state index is 11.9. The lowest BCUT2D eigenvalue weighted by molar-refractivity contribution is 0.103. The van der Waals surface area contributed by atoms with Crippen molar-refractivity contribution in [1.29, 1.82) is 0 Å². The Labute approximate surface area is 91.8 Å². The van der Waals surface area contributed by atoms with E-state index in [4.69, 9.17) is 11.6 Å². The fourth-order valence-electron chi connectivity index (χ4n) is 1.20. The molecule has 0 aliphatic heterocycles. The largest absolute Gasteiger partial charge is 0.287 e. The van der Waals surface area contributed by atoms with Crippen LogP contribution in [0.15, 0.2) is 42.7 Å². The van der Waals surface area contributed by atoms with Crippen molar-refractivity contribution in [2.45, 2.75) is 0 Å². The van der Waals surface area contributed by atoms with Gasteiger partial charge in [-0.05, 0) is 0 Å². The minimum atomic E-state index is -0.214. The molecule has 0 N–H and O–H groups in total. The molecule has 0 spiro atoms. The number of hydrogen-bond donors (Lipinski definition) is 0. The lowest BCUT2D eigenvalue weighted by atomic mass is 10.1. The SMILES string of the molecule is O=C(c1ccccc1)c1nccnc1Cl. The van der Waals surface area contributed by atoms with Crippen LogP contribution in [0.25, 0.3) is 0 Å². The third kappa shape index (κ3) is 2.02. The topological polar surface area (TPSA) is 42.9 Å². The Morgan fingerprint density at radius 3 is 2.40 bits per heavy atom. The van der Waals surface area contributed by atoms with Gasteiger partial charge in [-0.1, -0.05) is 41.9 Å². The zero-order valence-electron chi connectivity index (χ0n) is 7.72. The standard InChI is InChI=1S/C11H7ClN2O/c12-11-9(13-6-7-14-11)10(15)8-4-2-1-3-5-8/h1-7H. The first-order valence-electron chi connectivity index (χ1n) is 4.35. The number of halogens is 1. The van der Waals surface area contributed by atoms with Gasteiger partial charge in [-0.15, -0.1) is 0 Å². The van der Waals surface area contributed by atoms with Gasteiger partial charge in [-0.25, -0.2) is 9.97 Å². The highest BCUT2D eigenvalue weighted by atomic mass is 35.5. The molecule has 0 fully saturated rings. The molecule has 15 heavy (non-hydrogen) atoms. The first-order valence-corrected chi connectivity index (χ1v) is 4.73. The summed E-state index contributed by atoms with van der Waals surface area (Å²) >= 11 is 5.77. The molecule has 0 aliphatic carbocycles. The number of ketones is 1. The van der Waals surface area contributed by atoms with Crippen molar-refractivity contribution in [3.8, 4) is 0 Å². The maximum absolute atomic E-state index is 11.9. The van der Waals surface area contributed by atoms with Gasteiger partial charge in [0.2, 0.25) is 5.78 Å². The summed E-state index contributed by atoms with van der Waals surface area (Å²) in [5.74, 6) is -0.214. The second-order valence-corrected chi connectivity index (χ2v) is 3.25. The number of aromatic nitrogens is 2. The highest BCUT2D eigenvalue weighted by molar-refractivity contribution is 6.33. The monoisotopic (exact) mass is 218 g/mol. The third-order valence-corrected chi connectivity index (χ3v) is 2.18. The quantitative estimate of drug-likeness (QED) is 0.727. The summed E-state index contributed by atoms with van der Waals surface area (Å²) in [7, 11) is 0. The van der Waals surface area contributed by atoms with E-state index in [-0.39, 0.29) is 16.6 Å². The molecule has 0 amide bonds. The van der Waals surface area contributed by atoms with E-state index in [1.807, 2.05) is 6.07 Å². The van der Waals surface area contributed by atoms with Gasteiger partial charge in [-0.3, -0.25) is 4.79 Å². The minimum Gasteiger partial charge on any atom is -0.287 e. The highest BCUT2D eigenvalue weighted by Gasteiger charge is 2.13. The van der Waals surface area contributed by atoms with E-state index in [0.717, 1.165) is 0 Å². The van der Waals surface area contributed by atoms with E-state index in [2.05, 4.69) is 9.97 Å². The highest BCUT2D eigenvalue weighted by Crippen LogP contribution is 2.13. The summed E-state index contributed by atoms with van der Waals surface area (Å²) in [6.45, 7) is 0. The average molecular weight is 219 g/mol. The first-order chi connectivity index (χ1) is 7.29. The number of nitrogens with zero attached hydrogens (tertiary/aromatic N) is 2. The van der Waals surface area contributed by atoms with Gasteiger partial charge < -0.3 is 0 Å². The summed E-state index contributed by atoms with van der Waals surface area (Å²) < 4.78 is 0. The van der Waals surface area contributed by atoms with E-state index in [0.29, 0.717) is 5.56 Å². The van der Waals surface area contributed by atoms with Crippen LogP contribution in [0.5, 0.6) is 0 Å². The van der Waals surface area contributed by atoms with Crippen molar-refractivity contribution in [2.24, 2.45) is 0 Å². The van der Waals surface area contributed by atoms with Crippen LogP contribution in [-0.2, 0) is 0 Å². The molecule has 1 heterocycles. The summed E-state index contributed by atoms with van der Waals surface area (Å²) in [4.78, 5) is 19.6. The van der Waals surface area contributed by atoms with Crippen molar-refractivity contribution < 1.29 is 4.79 Å². The number of benzene rings is 1. The van der Waals surface area contributed by atoms with E-state index in [1.54, 1.807) is 24.3 Å². The van der Waals surface area contributed by atoms with Gasteiger partial charge >= 0.3 is 0 Å². The van der Waals surface area contributed by atoms with Crippen molar-refractivity contribution >= 4 is 17.4 Å². The lowest BCUT2D eigenvalue weighted by Crippen LogP contribution is -2.05. The van der Waals surface area contributed by atoms with E-state index < -0.39 is 0 Å². The molecule has 0 saturated carbocycles. The van der Waals surface area contributed by atoms with Crippen LogP contribution in [0.4, 0.5) is 0 Å². The number of carbonyl (C=O) groups excluding carboxylic acids is 1. The zero-order valence-corrected chi connectivity index (χ0v) is 8.48. The van der Waals surface area contributed by atoms with Crippen LogP contribution >= 0.6 is 11.6 Å². The van der Waals surface area contributed by atoms with Crippen LogP contribution in [0.2, 0.25) is 5.15 Å². The van der Waals surface area contributed by atoms with Gasteiger partial charge in [0.15, 0.2) is 5.15 Å². The van der Waals surface area contributed by atoms with Crippen LogP contribution in [0, 0.1) is 0 Å². The molecule has 0 radical (unpaired) electrons. The summed E-state index contributed by atoms with van der Waals surface area (Å²) in [5.41, 5.74) is 0.741. The molecule has 0 saturated heterocycles. The molecular formula is C11H7ClN2O. The van der Waals surface area contributed by atoms with E-state index in [1.165, 1.54) is 12.4 Å². The second kappa shape index (κ2) is 4.19. The molecule has 0 atom stereocenters. The normalized spacial score (nSPS) is 9.93. The van der Waals surface area contributed by atoms with Crippen molar-refractivity contribution in [3.05, 3.63) is 59.1 Å². The first kappa shape index (κ1) is 9.80. The molecular weight excluding hydrogens is 212 g/mol. The Kier molecular flexibility index (Phi) is 2.74. The molecule has 1 aromatic heterocycles. The van der Waals surface area contributed by atoms with E-state index >= 15 is 0 Å². The molecule has 1 aromatic carbocycles. The Bertz CT molecular complexity index is 485. The number of hydrogen-bond acceptors (Lipinski definition) is 3. The zero-order chi connectivity index (χ0) is 10.7. The molecule has 3 nitrogen and oxygen atoms in total. The van der Waals surface area contributed by atoms with Gasteiger partial charge in [-0.2, -0.15) is 0 Å². The predicted molar refractivity (Wildman–Crippen MR) is 56.9 cm³/mol. The Morgan fingerprint density at radius 1 is 1.07 bits per heavy atom. The van der Waals surface area contributed by atoms with Crippen molar-refractivity contribution in [2.75, 3.05) is 0 Å². The maximum Gasteiger partial charge on any atom is 0.214 e. The van der Waals surface area contributed by atoms with Crippen LogP contribution < -0.4 is 0 Å². The van der Waals surface area contributed by atoms with Crippen LogP contribution in [-0.4, -0.2) is 15.8 Å². The number of carbonyl (C=O) groups is 1. The molecule has 0 bridgehead atoms. The average Bonchev–Trinajstić information content (AvgIpc) is 2.30. The molecule has 0 unspecified atom stereocenters. The number of rotatable bonds is 2. The summed E-state index contributed by atoms with van der Waals surface area (Å²) in [6, 6.07) is 8.85. The molecule has 2 rings (SSSR count). The predicted octanol–water partition coefficient (Wildman–Crippen LogP) is 2.36. The Hall–Kier alpha value is -1.74. The van der Waals surface area contributed by atoms with Gasteiger partial charge in [0.05, 0.1) is 0 Å². The molecule has 74 valence electrons. The molecule has 2 aromatic rings. The summed E-state index contributed by atoms with van der Waals surface area (Å²) in [5, 5.41) is 0.131. The van der Waals surface area contributed by atoms with E-state index in [9.17, 15) is 4.79 Å². The minimum absolute atomic E-state index is 0.131. The van der Waals surface area contributed by atoms with Gasteiger partial charge in [0.1, 0.15) is 5.69 Å². The fourth-order valence-corrected chi connectivity index (χ4v) is 1.39. The summed E-state index contributed by atoms with van der Waals surface area (Å²) in [6.07, 6.45) is 2.90. The second-order valence-electron chi connectivity index (χ2n) is 2.89. The lowest BCUT2D eigenvalue weighted by Gasteiger charge is -2.00. The van der Waals surface area contributed by atoms with Crippen molar-refractivity contribution in [3.63, 3.8) is 0 Å². The van der Waals surface area contributed by atoms with Crippen molar-refractivity contribution in [1.82, 2.24) is 9.97 Å².